The molecule has 0 aromatic heterocycles. The fourth-order valence-electron chi connectivity index (χ4n) is 2.15. The molecular weight excluding hydrogens is 494 g/mol. The monoisotopic (exact) mass is 501 g/mol. The fourth-order valence-corrected chi connectivity index (χ4v) is 2.15. The number of nitro groups is 3. The lowest BCUT2D eigenvalue weighted by molar-refractivity contribution is -0.441. The predicted molar refractivity (Wildman–Crippen MR) is 84.0 cm³/mol. The number of alkyl halides is 8. The molecule has 20 heteroatoms. The van der Waals surface area contributed by atoms with E-state index in [0.29, 0.717) is 0 Å². The van der Waals surface area contributed by atoms with Crippen LogP contribution in [0.25, 0.3) is 0 Å². The zero-order chi connectivity index (χ0) is 26.1. The zero-order valence-electron chi connectivity index (χ0n) is 15.4. The maximum absolute atomic E-state index is 13.4. The first-order chi connectivity index (χ1) is 14.8. The van der Waals surface area contributed by atoms with Crippen molar-refractivity contribution in [2.24, 2.45) is 0 Å². The van der Waals surface area contributed by atoms with Crippen molar-refractivity contribution in [3.8, 4) is 5.75 Å². The van der Waals surface area contributed by atoms with Gasteiger partial charge in [-0.3, -0.25) is 30.3 Å². The summed E-state index contributed by atoms with van der Waals surface area (Å²) < 4.78 is 110. The van der Waals surface area contributed by atoms with E-state index in [1.165, 1.54) is 0 Å². The molecule has 0 spiro atoms. The molecule has 0 saturated carbocycles. The number of carbonyl (C=O) groups excluding carboxylic acids is 1. The zero-order valence-corrected chi connectivity index (χ0v) is 15.4. The Morgan fingerprint density at radius 1 is 0.939 bits per heavy atom. The van der Waals surface area contributed by atoms with Gasteiger partial charge in [0.05, 0.1) is 14.8 Å². The lowest BCUT2D eigenvalue weighted by Crippen LogP contribution is -2.59. The van der Waals surface area contributed by atoms with Gasteiger partial charge in [-0.15, -0.1) is 0 Å². The van der Waals surface area contributed by atoms with E-state index in [1.807, 2.05) is 0 Å². The Morgan fingerprint density at radius 2 is 1.39 bits per heavy atom. The lowest BCUT2D eigenvalue weighted by atomic mass is 10.1. The second-order valence-corrected chi connectivity index (χ2v) is 5.85. The molecule has 12 nitrogen and oxygen atoms in total. The van der Waals surface area contributed by atoms with Crippen LogP contribution >= 0.6 is 0 Å². The third-order valence-corrected chi connectivity index (χ3v) is 3.67. The predicted octanol–water partition coefficient (Wildman–Crippen LogP) is 4.41. The molecule has 0 aliphatic rings. The van der Waals surface area contributed by atoms with Crippen molar-refractivity contribution in [2.45, 2.75) is 31.1 Å². The lowest BCUT2D eigenvalue weighted by Gasteiger charge is -2.31. The van der Waals surface area contributed by atoms with Crippen LogP contribution in [0.5, 0.6) is 5.75 Å². The van der Waals surface area contributed by atoms with Crippen LogP contribution in [0.3, 0.4) is 0 Å². The molecule has 0 aliphatic heterocycles. The van der Waals surface area contributed by atoms with E-state index in [2.05, 4.69) is 9.47 Å². The topological polar surface area (TPSA) is 165 Å². The summed E-state index contributed by atoms with van der Waals surface area (Å²) in [6.45, 7) is -2.23. The van der Waals surface area contributed by atoms with Gasteiger partial charge in [-0.1, -0.05) is 0 Å². The minimum Gasteiger partial charge on any atom is -0.427 e. The van der Waals surface area contributed by atoms with Crippen LogP contribution in [-0.4, -0.2) is 51.7 Å². The second kappa shape index (κ2) is 8.94. The average Bonchev–Trinajstić information content (AvgIpc) is 2.64. The van der Waals surface area contributed by atoms with Crippen molar-refractivity contribution < 1.29 is 64.2 Å². The van der Waals surface area contributed by atoms with Crippen molar-refractivity contribution in [2.75, 3.05) is 6.61 Å². The number of nitro benzene ring substituents is 3. The summed E-state index contributed by atoms with van der Waals surface area (Å²) in [6, 6.07) is 0.280. The highest BCUT2D eigenvalue weighted by molar-refractivity contribution is 5.77. The van der Waals surface area contributed by atoms with Crippen molar-refractivity contribution in [3.63, 3.8) is 0 Å². The molecule has 1 aromatic rings. The average molecular weight is 501 g/mol. The fraction of sp³-hybridized carbons (Fsp3) is 0.462. The smallest absolute Gasteiger partial charge is 0.427 e. The van der Waals surface area contributed by atoms with Crippen LogP contribution in [0.1, 0.15) is 5.56 Å². The molecule has 184 valence electrons. The standard InChI is InChI=1S/C13H7F8N3O9/c1-4-2-5(7(23(28)29)8(24(30)31)6(4)22(26)27)33-10(25)32-3-11(16,17)13(20,21)12(18,19)9(14)15/h2,9H,3H2,1H3. The summed E-state index contributed by atoms with van der Waals surface area (Å²) in [5.74, 6) is -20.9. The number of halogens is 8. The number of hydrogen-bond donors (Lipinski definition) is 0. The van der Waals surface area contributed by atoms with Gasteiger partial charge >= 0.3 is 47.4 Å². The molecule has 0 atom stereocenters. The molecule has 0 heterocycles. The van der Waals surface area contributed by atoms with Crippen LogP contribution in [0, 0.1) is 37.3 Å². The van der Waals surface area contributed by atoms with E-state index < -0.39 is 80.1 Å². The van der Waals surface area contributed by atoms with Gasteiger partial charge in [0, 0.05) is 5.56 Å². The third-order valence-electron chi connectivity index (χ3n) is 3.67. The number of benzene rings is 1. The maximum Gasteiger partial charge on any atom is 0.514 e. The van der Waals surface area contributed by atoms with Gasteiger partial charge in [0.2, 0.25) is 5.75 Å². The minimum atomic E-state index is -6.75. The van der Waals surface area contributed by atoms with Gasteiger partial charge in [-0.2, -0.15) is 26.3 Å². The molecule has 1 aromatic carbocycles. The van der Waals surface area contributed by atoms with Crippen LogP contribution < -0.4 is 4.74 Å². The summed E-state index contributed by atoms with van der Waals surface area (Å²) in [5, 5.41) is 33.1. The highest BCUT2D eigenvalue weighted by Gasteiger charge is 2.75. The number of ether oxygens (including phenoxy) is 2. The normalized spacial score (nSPS) is 12.4. The van der Waals surface area contributed by atoms with E-state index in [-0.39, 0.29) is 6.07 Å². The molecule has 0 saturated heterocycles. The quantitative estimate of drug-likeness (QED) is 0.157. The second-order valence-electron chi connectivity index (χ2n) is 5.85. The van der Waals surface area contributed by atoms with Gasteiger partial charge in [-0.25, -0.2) is 13.6 Å². The van der Waals surface area contributed by atoms with Crippen molar-refractivity contribution in [1.82, 2.24) is 0 Å². The largest absolute Gasteiger partial charge is 0.514 e. The molecule has 0 aliphatic carbocycles. The third kappa shape index (κ3) is 4.98. The van der Waals surface area contributed by atoms with Gasteiger partial charge in [0.25, 0.3) is 0 Å². The van der Waals surface area contributed by atoms with Gasteiger partial charge < -0.3 is 9.47 Å². The molecular formula is C13H7F8N3O9. The Labute approximate surface area is 174 Å². The van der Waals surface area contributed by atoms with Crippen LogP contribution in [0.15, 0.2) is 6.07 Å². The molecule has 0 unspecified atom stereocenters. The molecule has 0 radical (unpaired) electrons. The first-order valence-corrected chi connectivity index (χ1v) is 7.66. The van der Waals surface area contributed by atoms with Gasteiger partial charge in [0.15, 0.2) is 6.61 Å². The summed E-state index contributed by atoms with van der Waals surface area (Å²) in [4.78, 5) is 39.9. The molecule has 0 amide bonds. The Kier molecular flexibility index (Phi) is 7.36. The van der Waals surface area contributed by atoms with E-state index in [1.54, 1.807) is 0 Å². The summed E-state index contributed by atoms with van der Waals surface area (Å²) >= 11 is 0. The summed E-state index contributed by atoms with van der Waals surface area (Å²) in [7, 11) is 0. The van der Waals surface area contributed by atoms with E-state index in [9.17, 15) is 70.3 Å². The van der Waals surface area contributed by atoms with Crippen LogP contribution in [0.4, 0.5) is 57.0 Å². The highest BCUT2D eigenvalue weighted by atomic mass is 19.4. The SMILES string of the molecule is Cc1cc(OC(=O)OCC(F)(F)C(F)(F)C(F)(F)C(F)F)c([N+](=O)[O-])c([N+](=O)[O-])c1[N+](=O)[O-]. The molecule has 0 bridgehead atoms. The number of nitrogens with zero attached hydrogens (tertiary/aromatic N) is 3. The first kappa shape index (κ1) is 27.2. The summed E-state index contributed by atoms with van der Waals surface area (Å²) in [6.07, 6.45) is -7.81. The minimum absolute atomic E-state index is 0.280. The number of carbonyl (C=O) groups is 1. The highest BCUT2D eigenvalue weighted by Crippen LogP contribution is 2.49. The van der Waals surface area contributed by atoms with Crippen molar-refractivity contribution in [3.05, 3.63) is 42.0 Å². The van der Waals surface area contributed by atoms with E-state index in [4.69, 9.17) is 0 Å². The Hall–Kier alpha value is -3.87. The van der Waals surface area contributed by atoms with Crippen LogP contribution in [0.2, 0.25) is 0 Å². The Bertz CT molecular complexity index is 1000. The Balaban J connectivity index is 3.29. The molecule has 0 N–H and O–H groups in total. The van der Waals surface area contributed by atoms with E-state index >= 15 is 0 Å². The van der Waals surface area contributed by atoms with Crippen molar-refractivity contribution >= 4 is 23.2 Å². The number of rotatable bonds is 9. The van der Waals surface area contributed by atoms with Crippen LogP contribution in [-0.2, 0) is 4.74 Å². The number of hydrogen-bond acceptors (Lipinski definition) is 9. The first-order valence-electron chi connectivity index (χ1n) is 7.66. The maximum atomic E-state index is 13.4. The van der Waals surface area contributed by atoms with Crippen molar-refractivity contribution in [1.29, 1.82) is 0 Å². The van der Waals surface area contributed by atoms with Gasteiger partial charge in [0.1, 0.15) is 0 Å². The number of aryl methyl sites for hydroxylation is 1. The van der Waals surface area contributed by atoms with Gasteiger partial charge in [-0.05, 0) is 13.0 Å². The Morgan fingerprint density at radius 3 is 1.79 bits per heavy atom. The molecule has 0 fully saturated rings. The van der Waals surface area contributed by atoms with E-state index in [0.717, 1.165) is 6.92 Å². The summed E-state index contributed by atoms with van der Waals surface area (Å²) in [5.41, 5.74) is -5.82. The molecule has 33 heavy (non-hydrogen) atoms. The molecule has 1 rings (SSSR count).